The zero-order valence-corrected chi connectivity index (χ0v) is 17.2. The van der Waals surface area contributed by atoms with Gasteiger partial charge in [-0.3, -0.25) is 15.2 Å². The molecular weight excluding hydrogens is 426 g/mol. The Morgan fingerprint density at radius 2 is 1.90 bits per heavy atom. The van der Waals surface area contributed by atoms with Gasteiger partial charge in [0.15, 0.2) is 5.60 Å². The molecule has 1 aromatic heterocycles. The van der Waals surface area contributed by atoms with Crippen LogP contribution in [0.1, 0.15) is 23.0 Å². The molecule has 9 nitrogen and oxygen atoms in total. The third-order valence-electron chi connectivity index (χ3n) is 4.45. The van der Waals surface area contributed by atoms with Gasteiger partial charge in [0.2, 0.25) is 5.76 Å². The lowest BCUT2D eigenvalue weighted by Crippen LogP contribution is -2.52. The molecule has 3 aromatic rings. The van der Waals surface area contributed by atoms with Gasteiger partial charge in [-0.2, -0.15) is 0 Å². The number of aliphatic hydroxyl groups is 1. The van der Waals surface area contributed by atoms with E-state index >= 15 is 0 Å². The van der Waals surface area contributed by atoms with E-state index in [1.807, 2.05) is 30.3 Å². The summed E-state index contributed by atoms with van der Waals surface area (Å²) in [6.07, 6.45) is 1.09. The van der Waals surface area contributed by atoms with Crippen molar-refractivity contribution in [3.05, 3.63) is 81.6 Å². The molecule has 10 heteroatoms. The number of carbonyl (C=O) groups is 2. The smallest absolute Gasteiger partial charge is 0.416 e. The summed E-state index contributed by atoms with van der Waals surface area (Å²) < 4.78 is 4.71. The summed E-state index contributed by atoms with van der Waals surface area (Å²) in [6, 6.07) is 14.7. The Kier molecular flexibility index (Phi) is 6.59. The highest BCUT2D eigenvalue weighted by Gasteiger charge is 2.33. The molecule has 0 unspecified atom stereocenters. The molecule has 2 aromatic carbocycles. The maximum absolute atomic E-state index is 12.3. The Morgan fingerprint density at radius 3 is 2.48 bits per heavy atom. The van der Waals surface area contributed by atoms with Crippen LogP contribution in [0.5, 0.6) is 0 Å². The average molecular weight is 446 g/mol. The minimum Gasteiger partial charge on any atom is -0.479 e. The van der Waals surface area contributed by atoms with Crippen molar-refractivity contribution < 1.29 is 24.2 Å². The topological polar surface area (TPSA) is 136 Å². The van der Waals surface area contributed by atoms with E-state index in [9.17, 15) is 24.6 Å². The van der Waals surface area contributed by atoms with Crippen molar-refractivity contribution >= 4 is 23.5 Å². The molecule has 0 aliphatic rings. The van der Waals surface area contributed by atoms with Gasteiger partial charge in [-0.15, -0.1) is 0 Å². The number of carboxylic acid groups (broad SMARTS) is 1. The van der Waals surface area contributed by atoms with E-state index in [1.165, 1.54) is 5.01 Å². The Hall–Kier alpha value is -3.40. The van der Waals surface area contributed by atoms with Crippen molar-refractivity contribution in [1.29, 1.82) is 0 Å². The molecule has 0 radical (unpaired) electrons. The summed E-state index contributed by atoms with van der Waals surface area (Å²) >= 11 is 6.03. The van der Waals surface area contributed by atoms with Crippen LogP contribution in [0, 0.1) is 0 Å². The monoisotopic (exact) mass is 445 g/mol. The summed E-state index contributed by atoms with van der Waals surface area (Å²) in [5, 5.41) is 21.2. The molecule has 0 saturated carbocycles. The largest absolute Gasteiger partial charge is 0.479 e. The Balaban J connectivity index is 1.79. The first-order valence-corrected chi connectivity index (χ1v) is 9.57. The molecule has 0 fully saturated rings. The molecule has 4 N–H and O–H groups in total. The molecule has 0 bridgehead atoms. The number of aromatic nitrogens is 1. The molecular formula is C21H20ClN3O6. The number of halogens is 1. The Bertz CT molecular complexity index is 1140. The van der Waals surface area contributed by atoms with Crippen molar-refractivity contribution in [2.24, 2.45) is 0 Å². The first-order valence-electron chi connectivity index (χ1n) is 9.19. The van der Waals surface area contributed by atoms with Crippen molar-refractivity contribution in [2.75, 3.05) is 6.54 Å². The number of hydrogen-bond acceptors (Lipinski definition) is 6. The van der Waals surface area contributed by atoms with Gasteiger partial charge in [0.05, 0.1) is 12.7 Å². The van der Waals surface area contributed by atoms with E-state index in [-0.39, 0.29) is 12.3 Å². The van der Waals surface area contributed by atoms with Crippen LogP contribution in [0.4, 0.5) is 0 Å². The third-order valence-corrected chi connectivity index (χ3v) is 4.69. The van der Waals surface area contributed by atoms with E-state index in [0.29, 0.717) is 5.02 Å². The molecule has 0 aliphatic carbocycles. The first-order chi connectivity index (χ1) is 14.6. The van der Waals surface area contributed by atoms with Crippen molar-refractivity contribution in [3.63, 3.8) is 0 Å². The van der Waals surface area contributed by atoms with Gasteiger partial charge >= 0.3 is 17.6 Å². The fraction of sp³-hybridized carbons (Fsp3) is 0.190. The number of aromatic amines is 1. The quantitative estimate of drug-likeness (QED) is 0.390. The van der Waals surface area contributed by atoms with Gasteiger partial charge in [-0.1, -0.05) is 48.0 Å². The van der Waals surface area contributed by atoms with Crippen LogP contribution in [0.15, 0.2) is 63.9 Å². The number of hydrogen-bond donors (Lipinski definition) is 4. The lowest BCUT2D eigenvalue weighted by Gasteiger charge is -2.28. The van der Waals surface area contributed by atoms with Gasteiger partial charge < -0.3 is 14.6 Å². The molecule has 162 valence electrons. The summed E-state index contributed by atoms with van der Waals surface area (Å²) in [5.74, 6) is -3.29. The number of nitrogens with one attached hydrogen (secondary N) is 2. The number of nitrogens with zero attached hydrogens (tertiary/aromatic N) is 1. The van der Waals surface area contributed by atoms with E-state index in [4.69, 9.17) is 16.0 Å². The standard InChI is InChI=1S/C21H20ClN3O6/c1-21(30,19(27)28)12-25(24-18(26)17-10-23-20(29)31-17)11-13-5-7-14(8-6-13)15-3-2-4-16(22)9-15/h2-10,30H,11-12H2,1H3,(H,23,29)(H,24,26)(H,27,28)/t21-/m1/s1. The average Bonchev–Trinajstić information content (AvgIpc) is 3.14. The molecule has 1 atom stereocenters. The predicted octanol–water partition coefficient (Wildman–Crippen LogP) is 2.27. The molecule has 1 amide bonds. The molecule has 0 aliphatic heterocycles. The van der Waals surface area contributed by atoms with Gasteiger partial charge in [-0.05, 0) is 35.7 Å². The highest BCUT2D eigenvalue weighted by Crippen LogP contribution is 2.23. The van der Waals surface area contributed by atoms with Crippen LogP contribution in [0.25, 0.3) is 11.1 Å². The van der Waals surface area contributed by atoms with Gasteiger partial charge in [0.1, 0.15) is 0 Å². The van der Waals surface area contributed by atoms with E-state index in [0.717, 1.165) is 29.8 Å². The Labute approximate surface area is 181 Å². The van der Waals surface area contributed by atoms with Gasteiger partial charge in [0, 0.05) is 11.6 Å². The first kappa shape index (κ1) is 22.3. The number of hydrazine groups is 1. The third kappa shape index (κ3) is 5.82. The minimum atomic E-state index is -2.13. The van der Waals surface area contributed by atoms with E-state index in [2.05, 4.69) is 10.4 Å². The lowest BCUT2D eigenvalue weighted by atomic mass is 10.0. The van der Waals surface area contributed by atoms with Crippen LogP contribution >= 0.6 is 11.6 Å². The number of H-pyrrole nitrogens is 1. The summed E-state index contributed by atoms with van der Waals surface area (Å²) in [4.78, 5) is 37.0. The molecule has 0 saturated heterocycles. The fourth-order valence-electron chi connectivity index (χ4n) is 2.86. The molecule has 1 heterocycles. The van der Waals surface area contributed by atoms with Gasteiger partial charge in [-0.25, -0.2) is 14.6 Å². The lowest BCUT2D eigenvalue weighted by molar-refractivity contribution is -0.159. The zero-order valence-electron chi connectivity index (χ0n) is 16.5. The highest BCUT2D eigenvalue weighted by molar-refractivity contribution is 6.30. The molecule has 0 spiro atoms. The minimum absolute atomic E-state index is 0.0830. The van der Waals surface area contributed by atoms with Crippen molar-refractivity contribution in [3.8, 4) is 11.1 Å². The van der Waals surface area contributed by atoms with Crippen LogP contribution in [-0.2, 0) is 11.3 Å². The summed E-state index contributed by atoms with van der Waals surface area (Å²) in [6.45, 7) is 0.783. The van der Waals surface area contributed by atoms with Crippen LogP contribution in [0.3, 0.4) is 0 Å². The number of amides is 1. The molecule has 31 heavy (non-hydrogen) atoms. The number of oxazole rings is 1. The van der Waals surface area contributed by atoms with E-state index in [1.54, 1.807) is 18.2 Å². The van der Waals surface area contributed by atoms with Crippen LogP contribution in [0.2, 0.25) is 5.02 Å². The normalized spacial score (nSPS) is 13.0. The SMILES string of the molecule is C[C@@](O)(CN(Cc1ccc(-c2cccc(Cl)c2)cc1)NC(=O)c1c[nH]c(=O)o1)C(=O)O. The zero-order chi connectivity index (χ0) is 22.6. The second-order valence-electron chi connectivity index (χ2n) is 7.13. The van der Waals surface area contributed by atoms with Crippen LogP contribution < -0.4 is 11.2 Å². The number of benzene rings is 2. The maximum Gasteiger partial charge on any atom is 0.416 e. The Morgan fingerprint density at radius 1 is 1.19 bits per heavy atom. The predicted molar refractivity (Wildman–Crippen MR) is 112 cm³/mol. The number of rotatable bonds is 8. The van der Waals surface area contributed by atoms with Gasteiger partial charge in [0.25, 0.3) is 0 Å². The fourth-order valence-corrected chi connectivity index (χ4v) is 3.05. The second-order valence-corrected chi connectivity index (χ2v) is 7.56. The van der Waals surface area contributed by atoms with Crippen molar-refractivity contribution in [2.45, 2.75) is 19.1 Å². The van der Waals surface area contributed by atoms with Crippen molar-refractivity contribution in [1.82, 2.24) is 15.4 Å². The maximum atomic E-state index is 12.3. The highest BCUT2D eigenvalue weighted by atomic mass is 35.5. The number of carbonyl (C=O) groups excluding carboxylic acids is 1. The van der Waals surface area contributed by atoms with Crippen LogP contribution in [-0.4, -0.2) is 44.2 Å². The number of aliphatic carboxylic acids is 1. The second kappa shape index (κ2) is 9.17. The molecule has 3 rings (SSSR count). The number of carboxylic acids is 1. The van der Waals surface area contributed by atoms with E-state index < -0.39 is 29.8 Å². The summed E-state index contributed by atoms with van der Waals surface area (Å²) in [5.41, 5.74) is 2.92. The summed E-state index contributed by atoms with van der Waals surface area (Å²) in [7, 11) is 0.